The molecule has 0 N–H and O–H groups in total. The van der Waals surface area contributed by atoms with Crippen molar-refractivity contribution in [2.75, 3.05) is 0 Å². The summed E-state index contributed by atoms with van der Waals surface area (Å²) in [5.74, 6) is 0. The molecule has 0 unspecified atom stereocenters. The summed E-state index contributed by atoms with van der Waals surface area (Å²) in [5, 5.41) is 5.79. The molecule has 1 heterocycles. The standard InChI is InChI=1S/C48H30O/c1-3-14-31(15-4-1)35-24-13-25-44-48(35)43-27-26-33(30-45(43)49-44)34-28-29-42(37-19-8-7-18-36(34)37)47-40-22-11-9-20-38(40)46(32-16-5-2-6-17-32)39-21-10-12-23-41(39)47/h1-30H/i7D,8D,18D,19D,28D,29D. The van der Waals surface area contributed by atoms with Crippen molar-refractivity contribution >= 4 is 54.3 Å². The molecule has 0 amide bonds. The molecule has 0 radical (unpaired) electrons. The normalized spacial score (nSPS) is 13.4. The molecule has 49 heavy (non-hydrogen) atoms. The molecule has 0 aliphatic heterocycles. The zero-order chi connectivity index (χ0) is 37.5. The average Bonchev–Trinajstić information content (AvgIpc) is 3.61. The second kappa shape index (κ2) is 11.1. The Morgan fingerprint density at radius 1 is 0.347 bits per heavy atom. The van der Waals surface area contributed by atoms with E-state index >= 15 is 0 Å². The third kappa shape index (κ3) is 4.33. The second-order valence-electron chi connectivity index (χ2n) is 12.3. The lowest BCUT2D eigenvalue weighted by atomic mass is 9.84. The fraction of sp³-hybridized carbons (Fsp3) is 0. The van der Waals surface area contributed by atoms with E-state index in [4.69, 9.17) is 7.16 Å². The zero-order valence-corrected chi connectivity index (χ0v) is 26.3. The van der Waals surface area contributed by atoms with Crippen LogP contribution in [-0.2, 0) is 0 Å². The summed E-state index contributed by atoms with van der Waals surface area (Å²) in [6.07, 6.45) is 0. The number of hydrogen-bond donors (Lipinski definition) is 0. The van der Waals surface area contributed by atoms with Crippen molar-refractivity contribution in [3.8, 4) is 44.5 Å². The first-order chi connectivity index (χ1) is 26.8. The summed E-state index contributed by atoms with van der Waals surface area (Å²) < 4.78 is 62.2. The van der Waals surface area contributed by atoms with Gasteiger partial charge in [-0.15, -0.1) is 0 Å². The van der Waals surface area contributed by atoms with Crippen LogP contribution in [0.5, 0.6) is 0 Å². The van der Waals surface area contributed by atoms with Crippen molar-refractivity contribution in [2.24, 2.45) is 0 Å². The zero-order valence-electron chi connectivity index (χ0n) is 32.3. The lowest BCUT2D eigenvalue weighted by molar-refractivity contribution is 0.669. The van der Waals surface area contributed by atoms with E-state index in [9.17, 15) is 5.48 Å². The van der Waals surface area contributed by atoms with Gasteiger partial charge in [-0.3, -0.25) is 0 Å². The SMILES string of the molecule is [2H]c1c([2H])c([2H])c2c(-c3c4ccccc4c(-c4ccccc4)c4ccccc34)c([2H])c([2H])c(-c3ccc4c(c3)oc3cccc(-c5ccccc5)c34)c2c1[2H]. The van der Waals surface area contributed by atoms with Crippen LogP contribution in [0.1, 0.15) is 8.22 Å². The lowest BCUT2D eigenvalue weighted by Gasteiger charge is -2.19. The van der Waals surface area contributed by atoms with Gasteiger partial charge < -0.3 is 4.42 Å². The average molecular weight is 629 g/mol. The van der Waals surface area contributed by atoms with Gasteiger partial charge in [-0.25, -0.2) is 0 Å². The number of hydrogen-bond acceptors (Lipinski definition) is 1. The van der Waals surface area contributed by atoms with Crippen LogP contribution < -0.4 is 0 Å². The highest BCUT2D eigenvalue weighted by molar-refractivity contribution is 6.24. The summed E-state index contributed by atoms with van der Waals surface area (Å²) in [5.41, 5.74) is 7.19. The summed E-state index contributed by atoms with van der Waals surface area (Å²) in [6, 6.07) is 46.3. The first-order valence-corrected chi connectivity index (χ1v) is 16.4. The minimum Gasteiger partial charge on any atom is -0.456 e. The number of furan rings is 1. The molecule has 0 atom stereocenters. The quantitative estimate of drug-likeness (QED) is 0.177. The number of fused-ring (bicyclic) bond motifs is 6. The third-order valence-corrected chi connectivity index (χ3v) is 9.61. The molecule has 1 aromatic heterocycles. The van der Waals surface area contributed by atoms with Gasteiger partial charge in [-0.2, -0.15) is 0 Å². The maximum absolute atomic E-state index is 9.78. The predicted octanol–water partition coefficient (Wildman–Crippen LogP) is 13.7. The molecular formula is C48H30O. The molecule has 228 valence electrons. The van der Waals surface area contributed by atoms with E-state index in [-0.39, 0.29) is 40.5 Å². The molecule has 0 spiro atoms. The molecule has 0 bridgehead atoms. The highest BCUT2D eigenvalue weighted by Gasteiger charge is 2.19. The highest BCUT2D eigenvalue weighted by Crippen LogP contribution is 2.47. The number of benzene rings is 9. The number of rotatable bonds is 4. The maximum atomic E-state index is 9.78. The Bertz CT molecular complexity index is 3150. The van der Waals surface area contributed by atoms with Crippen LogP contribution in [0.15, 0.2) is 186 Å². The van der Waals surface area contributed by atoms with Crippen molar-refractivity contribution in [1.82, 2.24) is 0 Å². The first kappa shape index (κ1) is 22.2. The van der Waals surface area contributed by atoms with Gasteiger partial charge in [-0.1, -0.05) is 164 Å². The Kier molecular flexibility index (Phi) is 5.02. The molecule has 10 aromatic rings. The van der Waals surface area contributed by atoms with Gasteiger partial charge in [0.1, 0.15) is 11.2 Å². The Labute approximate surface area is 292 Å². The minimum absolute atomic E-state index is 0.119. The Balaban J connectivity index is 1.32. The van der Waals surface area contributed by atoms with Gasteiger partial charge in [0.25, 0.3) is 0 Å². The van der Waals surface area contributed by atoms with Crippen LogP contribution in [0.4, 0.5) is 0 Å². The van der Waals surface area contributed by atoms with E-state index in [2.05, 4.69) is 42.5 Å². The van der Waals surface area contributed by atoms with Crippen LogP contribution in [-0.4, -0.2) is 0 Å². The maximum Gasteiger partial charge on any atom is 0.136 e. The molecular weight excluding hydrogens is 593 g/mol. The molecule has 0 saturated carbocycles. The molecule has 1 heteroatoms. The van der Waals surface area contributed by atoms with Crippen LogP contribution in [0.25, 0.3) is 98.8 Å². The molecule has 0 aliphatic rings. The largest absolute Gasteiger partial charge is 0.456 e. The molecule has 0 saturated heterocycles. The minimum atomic E-state index is -0.395. The smallest absolute Gasteiger partial charge is 0.136 e. The topological polar surface area (TPSA) is 13.1 Å². The molecule has 1 nitrogen and oxygen atoms in total. The summed E-state index contributed by atoms with van der Waals surface area (Å²) >= 11 is 0. The third-order valence-electron chi connectivity index (χ3n) is 9.61. The van der Waals surface area contributed by atoms with Gasteiger partial charge in [0.05, 0.1) is 8.22 Å². The highest BCUT2D eigenvalue weighted by atomic mass is 16.3. The van der Waals surface area contributed by atoms with Crippen LogP contribution in [0, 0.1) is 0 Å². The van der Waals surface area contributed by atoms with Gasteiger partial charge in [0.2, 0.25) is 0 Å². The summed E-state index contributed by atoms with van der Waals surface area (Å²) in [4.78, 5) is 0. The molecule has 10 rings (SSSR count). The van der Waals surface area contributed by atoms with E-state index in [1.807, 2.05) is 103 Å². The molecule has 0 fully saturated rings. The van der Waals surface area contributed by atoms with Gasteiger partial charge in [-0.05, 0) is 95.0 Å². The lowest BCUT2D eigenvalue weighted by Crippen LogP contribution is -1.92. The van der Waals surface area contributed by atoms with Gasteiger partial charge in [0.15, 0.2) is 0 Å². The van der Waals surface area contributed by atoms with Crippen molar-refractivity contribution in [3.05, 3.63) is 182 Å². The van der Waals surface area contributed by atoms with E-state index < -0.39 is 12.1 Å². The second-order valence-corrected chi connectivity index (χ2v) is 12.3. The van der Waals surface area contributed by atoms with Gasteiger partial charge >= 0.3 is 0 Å². The fourth-order valence-corrected chi connectivity index (χ4v) is 7.49. The van der Waals surface area contributed by atoms with E-state index in [0.717, 1.165) is 54.6 Å². The summed E-state index contributed by atoms with van der Waals surface area (Å²) in [7, 11) is 0. The van der Waals surface area contributed by atoms with Crippen LogP contribution in [0.3, 0.4) is 0 Å². The van der Waals surface area contributed by atoms with E-state index in [0.29, 0.717) is 27.9 Å². The van der Waals surface area contributed by atoms with Crippen LogP contribution >= 0.6 is 0 Å². The molecule has 0 aliphatic carbocycles. The van der Waals surface area contributed by atoms with Crippen molar-refractivity contribution in [2.45, 2.75) is 0 Å². The Morgan fingerprint density at radius 2 is 0.918 bits per heavy atom. The Morgan fingerprint density at radius 3 is 1.59 bits per heavy atom. The van der Waals surface area contributed by atoms with Crippen molar-refractivity contribution in [3.63, 3.8) is 0 Å². The van der Waals surface area contributed by atoms with Crippen molar-refractivity contribution < 1.29 is 12.6 Å². The first-order valence-electron chi connectivity index (χ1n) is 19.4. The van der Waals surface area contributed by atoms with E-state index in [1.165, 1.54) is 0 Å². The molecule has 9 aromatic carbocycles. The Hall–Kier alpha value is -6.44. The monoisotopic (exact) mass is 628 g/mol. The fourth-order valence-electron chi connectivity index (χ4n) is 7.49. The predicted molar refractivity (Wildman–Crippen MR) is 208 cm³/mol. The van der Waals surface area contributed by atoms with Crippen molar-refractivity contribution in [1.29, 1.82) is 0 Å². The van der Waals surface area contributed by atoms with Crippen LogP contribution in [0.2, 0.25) is 0 Å². The summed E-state index contributed by atoms with van der Waals surface area (Å²) in [6.45, 7) is 0. The van der Waals surface area contributed by atoms with E-state index in [1.54, 1.807) is 0 Å². The van der Waals surface area contributed by atoms with Gasteiger partial charge in [0, 0.05) is 10.8 Å².